The van der Waals surface area contributed by atoms with Crippen molar-refractivity contribution in [3.05, 3.63) is 35.4 Å². The molecule has 2 rings (SSSR count). The smallest absolute Gasteiger partial charge is 0.335 e. The van der Waals surface area contributed by atoms with Crippen molar-refractivity contribution in [2.75, 3.05) is 0 Å². The number of epoxide rings is 1. The van der Waals surface area contributed by atoms with Gasteiger partial charge in [0.2, 0.25) is 0 Å². The number of benzene rings is 1. The molecule has 1 aromatic carbocycles. The molecule has 134 valence electrons. The Morgan fingerprint density at radius 1 is 1.04 bits per heavy atom. The zero-order valence-corrected chi connectivity index (χ0v) is 15.2. The second kappa shape index (κ2) is 9.83. The van der Waals surface area contributed by atoms with Gasteiger partial charge in [-0.2, -0.15) is 0 Å². The molecule has 1 aliphatic rings. The van der Waals surface area contributed by atoms with E-state index in [2.05, 4.69) is 26.0 Å². The Morgan fingerprint density at radius 2 is 1.62 bits per heavy atom. The van der Waals surface area contributed by atoms with Crippen LogP contribution in [0.1, 0.15) is 94.8 Å². The minimum Gasteiger partial charge on any atom is -0.479 e. The van der Waals surface area contributed by atoms with Crippen molar-refractivity contribution in [2.45, 2.75) is 89.8 Å². The first-order chi connectivity index (χ1) is 11.6. The SMILES string of the molecule is CCCCCCCCCCC(C)c1ccc(C2OC2C(=O)O)cc1. The van der Waals surface area contributed by atoms with Gasteiger partial charge in [-0.25, -0.2) is 4.79 Å². The molecule has 3 atom stereocenters. The highest BCUT2D eigenvalue weighted by Crippen LogP contribution is 2.39. The highest BCUT2D eigenvalue weighted by molar-refractivity contribution is 5.76. The molecule has 3 unspecified atom stereocenters. The van der Waals surface area contributed by atoms with Crippen LogP contribution < -0.4 is 0 Å². The maximum atomic E-state index is 10.8. The molecule has 0 saturated carbocycles. The Kier molecular flexibility index (Phi) is 7.77. The molecule has 1 fully saturated rings. The quantitative estimate of drug-likeness (QED) is 0.386. The summed E-state index contributed by atoms with van der Waals surface area (Å²) in [5, 5.41) is 8.90. The standard InChI is InChI=1S/C21H32O3/c1-3-4-5-6-7-8-9-10-11-16(2)17-12-14-18(15-13-17)19-20(24-19)21(22)23/h12-16,19-20H,3-11H2,1-2H3,(H,22,23). The van der Waals surface area contributed by atoms with Crippen LogP contribution in [0.25, 0.3) is 0 Å². The lowest BCUT2D eigenvalue weighted by atomic mass is 9.93. The average Bonchev–Trinajstić information content (AvgIpc) is 3.38. The van der Waals surface area contributed by atoms with Gasteiger partial charge in [0.25, 0.3) is 0 Å². The molecule has 3 heteroatoms. The van der Waals surface area contributed by atoms with E-state index in [1.165, 1.54) is 63.4 Å². The van der Waals surface area contributed by atoms with Crippen LogP contribution in [0.2, 0.25) is 0 Å². The van der Waals surface area contributed by atoms with E-state index in [0.717, 1.165) is 5.56 Å². The van der Waals surface area contributed by atoms with Crippen LogP contribution in [0, 0.1) is 0 Å². The van der Waals surface area contributed by atoms with E-state index >= 15 is 0 Å². The summed E-state index contributed by atoms with van der Waals surface area (Å²) < 4.78 is 5.19. The number of ether oxygens (including phenoxy) is 1. The van der Waals surface area contributed by atoms with Crippen molar-refractivity contribution >= 4 is 5.97 Å². The number of aliphatic carboxylic acids is 1. The Hall–Kier alpha value is -1.35. The number of carboxylic acid groups (broad SMARTS) is 1. The highest BCUT2D eigenvalue weighted by atomic mass is 16.6. The lowest BCUT2D eigenvalue weighted by molar-refractivity contribution is -0.138. The maximum Gasteiger partial charge on any atom is 0.335 e. The zero-order valence-electron chi connectivity index (χ0n) is 15.2. The van der Waals surface area contributed by atoms with Crippen LogP contribution in [0.15, 0.2) is 24.3 Å². The maximum absolute atomic E-state index is 10.8. The van der Waals surface area contributed by atoms with Gasteiger partial charge in [-0.05, 0) is 23.5 Å². The molecule has 0 aliphatic carbocycles. The summed E-state index contributed by atoms with van der Waals surface area (Å²) >= 11 is 0. The predicted octanol–water partition coefficient (Wildman–Crippen LogP) is 5.85. The summed E-state index contributed by atoms with van der Waals surface area (Å²) in [7, 11) is 0. The zero-order chi connectivity index (χ0) is 17.4. The van der Waals surface area contributed by atoms with Gasteiger partial charge in [-0.15, -0.1) is 0 Å². The highest BCUT2D eigenvalue weighted by Gasteiger charge is 2.46. The van der Waals surface area contributed by atoms with E-state index in [9.17, 15) is 4.79 Å². The van der Waals surface area contributed by atoms with Gasteiger partial charge < -0.3 is 9.84 Å². The number of unbranched alkanes of at least 4 members (excludes halogenated alkanes) is 7. The second-order valence-corrected chi connectivity index (χ2v) is 7.15. The lowest BCUT2D eigenvalue weighted by Gasteiger charge is -2.12. The number of carbonyl (C=O) groups is 1. The molecule has 3 nitrogen and oxygen atoms in total. The fourth-order valence-corrected chi connectivity index (χ4v) is 3.32. The van der Waals surface area contributed by atoms with Crippen LogP contribution >= 0.6 is 0 Å². The summed E-state index contributed by atoms with van der Waals surface area (Å²) in [5.41, 5.74) is 2.32. The Morgan fingerprint density at radius 3 is 2.17 bits per heavy atom. The van der Waals surface area contributed by atoms with Gasteiger partial charge in [0, 0.05) is 0 Å². The molecule has 1 N–H and O–H groups in total. The predicted molar refractivity (Wildman–Crippen MR) is 97.3 cm³/mol. The number of hydrogen-bond acceptors (Lipinski definition) is 2. The summed E-state index contributed by atoms with van der Waals surface area (Å²) in [4.78, 5) is 10.8. The third-order valence-corrected chi connectivity index (χ3v) is 5.06. The minimum absolute atomic E-state index is 0.250. The topological polar surface area (TPSA) is 49.8 Å². The normalized spacial score (nSPS) is 20.8. The van der Waals surface area contributed by atoms with Gasteiger partial charge in [0.15, 0.2) is 6.10 Å². The molecular formula is C21H32O3. The van der Waals surface area contributed by atoms with Crippen LogP contribution in [0.5, 0.6) is 0 Å². The molecule has 0 spiro atoms. The second-order valence-electron chi connectivity index (χ2n) is 7.15. The van der Waals surface area contributed by atoms with E-state index in [-0.39, 0.29) is 6.10 Å². The van der Waals surface area contributed by atoms with Crippen LogP contribution in [-0.2, 0) is 9.53 Å². The average molecular weight is 332 g/mol. The van der Waals surface area contributed by atoms with Gasteiger partial charge in [-0.1, -0.05) is 89.5 Å². The summed E-state index contributed by atoms with van der Waals surface area (Å²) in [6.07, 6.45) is 11.2. The fraction of sp³-hybridized carbons (Fsp3) is 0.667. The molecule has 0 amide bonds. The Labute approximate surface area is 146 Å². The third kappa shape index (κ3) is 5.94. The van der Waals surface area contributed by atoms with E-state index in [1.54, 1.807) is 0 Å². The van der Waals surface area contributed by atoms with E-state index in [0.29, 0.717) is 5.92 Å². The van der Waals surface area contributed by atoms with Crippen molar-refractivity contribution in [3.8, 4) is 0 Å². The largest absolute Gasteiger partial charge is 0.479 e. The monoisotopic (exact) mass is 332 g/mol. The first-order valence-electron chi connectivity index (χ1n) is 9.61. The molecule has 24 heavy (non-hydrogen) atoms. The molecule has 0 aromatic heterocycles. The summed E-state index contributed by atoms with van der Waals surface area (Å²) in [6, 6.07) is 8.30. The summed E-state index contributed by atoms with van der Waals surface area (Å²) in [5.74, 6) is -0.304. The van der Waals surface area contributed by atoms with Gasteiger partial charge >= 0.3 is 5.97 Å². The third-order valence-electron chi connectivity index (χ3n) is 5.06. The van der Waals surface area contributed by atoms with Crippen LogP contribution in [0.4, 0.5) is 0 Å². The van der Waals surface area contributed by atoms with E-state index in [4.69, 9.17) is 9.84 Å². The minimum atomic E-state index is -0.868. The molecule has 1 aromatic rings. The molecule has 1 heterocycles. The van der Waals surface area contributed by atoms with Gasteiger partial charge in [0.1, 0.15) is 6.10 Å². The van der Waals surface area contributed by atoms with Crippen molar-refractivity contribution in [2.24, 2.45) is 0 Å². The van der Waals surface area contributed by atoms with Crippen molar-refractivity contribution in [1.82, 2.24) is 0 Å². The number of hydrogen-bond donors (Lipinski definition) is 1. The Bertz CT molecular complexity index is 494. The molecule has 0 radical (unpaired) electrons. The lowest BCUT2D eigenvalue weighted by Crippen LogP contribution is -2.05. The molecular weight excluding hydrogens is 300 g/mol. The van der Waals surface area contributed by atoms with Crippen molar-refractivity contribution in [3.63, 3.8) is 0 Å². The number of rotatable bonds is 12. The Balaban J connectivity index is 1.62. The summed E-state index contributed by atoms with van der Waals surface area (Å²) in [6.45, 7) is 4.54. The van der Waals surface area contributed by atoms with E-state index in [1.807, 2.05) is 12.1 Å². The molecule has 1 saturated heterocycles. The van der Waals surface area contributed by atoms with Crippen LogP contribution in [-0.4, -0.2) is 17.2 Å². The van der Waals surface area contributed by atoms with Crippen molar-refractivity contribution < 1.29 is 14.6 Å². The van der Waals surface area contributed by atoms with Crippen molar-refractivity contribution in [1.29, 1.82) is 0 Å². The fourth-order valence-electron chi connectivity index (χ4n) is 3.32. The first kappa shape index (κ1) is 19.0. The van der Waals surface area contributed by atoms with Gasteiger partial charge in [0.05, 0.1) is 0 Å². The first-order valence-corrected chi connectivity index (χ1v) is 9.61. The van der Waals surface area contributed by atoms with Gasteiger partial charge in [-0.3, -0.25) is 0 Å². The molecule has 1 aliphatic heterocycles. The molecule has 0 bridgehead atoms. The van der Waals surface area contributed by atoms with Crippen LogP contribution in [0.3, 0.4) is 0 Å². The van der Waals surface area contributed by atoms with E-state index < -0.39 is 12.1 Å². The number of carboxylic acids is 1.